The van der Waals surface area contributed by atoms with Crippen LogP contribution < -0.4 is 5.56 Å². The molecule has 0 aliphatic carbocycles. The normalized spacial score (nSPS) is 18.3. The number of amides is 1. The fraction of sp³-hybridized carbons (Fsp3) is 0.471. The smallest absolute Gasteiger partial charge is 0.262 e. The van der Waals surface area contributed by atoms with E-state index in [1.54, 1.807) is 6.07 Å². The summed E-state index contributed by atoms with van der Waals surface area (Å²) in [5, 5.41) is 0.597. The summed E-state index contributed by atoms with van der Waals surface area (Å²) >= 11 is 5.28. The second-order valence-corrected chi connectivity index (χ2v) is 6.50. The zero-order valence-electron chi connectivity index (χ0n) is 13.2. The molecule has 0 radical (unpaired) electrons. The first-order valence-corrected chi connectivity index (χ1v) is 8.50. The zero-order valence-corrected chi connectivity index (χ0v) is 14.1. The third-order valence-corrected chi connectivity index (χ3v) is 4.88. The van der Waals surface area contributed by atoms with Gasteiger partial charge in [0, 0.05) is 25.6 Å². The first kappa shape index (κ1) is 15.9. The molecule has 6 heteroatoms. The van der Waals surface area contributed by atoms with Gasteiger partial charge in [0.25, 0.3) is 5.56 Å². The Bertz CT molecular complexity index is 840. The van der Waals surface area contributed by atoms with Crippen molar-refractivity contribution in [1.82, 2.24) is 14.5 Å². The number of hydrogen-bond donors (Lipinski definition) is 1. The van der Waals surface area contributed by atoms with Crippen molar-refractivity contribution in [3.8, 4) is 0 Å². The molecule has 5 nitrogen and oxygen atoms in total. The van der Waals surface area contributed by atoms with Gasteiger partial charge in [0.2, 0.25) is 5.91 Å². The second-order valence-electron chi connectivity index (χ2n) is 6.11. The molecule has 1 saturated heterocycles. The molecule has 122 valence electrons. The minimum absolute atomic E-state index is 0.103. The molecule has 1 amide bonds. The maximum Gasteiger partial charge on any atom is 0.262 e. The van der Waals surface area contributed by atoms with E-state index >= 15 is 0 Å². The third-order valence-electron chi connectivity index (χ3n) is 4.56. The summed E-state index contributed by atoms with van der Waals surface area (Å²) < 4.78 is 1.86. The van der Waals surface area contributed by atoms with E-state index in [-0.39, 0.29) is 11.5 Å². The number of rotatable bonds is 3. The van der Waals surface area contributed by atoms with Gasteiger partial charge in [0.05, 0.1) is 10.9 Å². The van der Waals surface area contributed by atoms with Crippen molar-refractivity contribution in [1.29, 1.82) is 0 Å². The Morgan fingerprint density at radius 2 is 2.13 bits per heavy atom. The molecule has 1 atom stereocenters. The Hall–Kier alpha value is -1.95. The van der Waals surface area contributed by atoms with Crippen LogP contribution in [0.3, 0.4) is 0 Å². The van der Waals surface area contributed by atoms with Crippen molar-refractivity contribution in [3.63, 3.8) is 0 Å². The van der Waals surface area contributed by atoms with E-state index in [4.69, 9.17) is 12.2 Å². The predicted molar refractivity (Wildman–Crippen MR) is 93.0 cm³/mol. The highest BCUT2D eigenvalue weighted by Crippen LogP contribution is 2.17. The number of H-pyrrole nitrogens is 1. The minimum atomic E-state index is -0.135. The van der Waals surface area contributed by atoms with Gasteiger partial charge < -0.3 is 9.88 Å². The summed E-state index contributed by atoms with van der Waals surface area (Å²) in [7, 11) is 0. The Morgan fingerprint density at radius 3 is 2.91 bits per heavy atom. The number of aromatic nitrogens is 2. The summed E-state index contributed by atoms with van der Waals surface area (Å²) in [6, 6.07) is 7.58. The van der Waals surface area contributed by atoms with Gasteiger partial charge in [-0.15, -0.1) is 0 Å². The van der Waals surface area contributed by atoms with Crippen LogP contribution in [-0.4, -0.2) is 32.9 Å². The van der Waals surface area contributed by atoms with E-state index in [1.165, 1.54) is 11.0 Å². The van der Waals surface area contributed by atoms with Gasteiger partial charge in [0.15, 0.2) is 4.77 Å². The monoisotopic (exact) mass is 331 g/mol. The Morgan fingerprint density at radius 1 is 1.35 bits per heavy atom. The summed E-state index contributed by atoms with van der Waals surface area (Å²) in [4.78, 5) is 30.0. The number of hydrogen-bond acceptors (Lipinski definition) is 3. The average molecular weight is 331 g/mol. The fourth-order valence-electron chi connectivity index (χ4n) is 3.22. The molecule has 1 aliphatic rings. The van der Waals surface area contributed by atoms with Crippen molar-refractivity contribution in [2.75, 3.05) is 6.54 Å². The lowest BCUT2D eigenvalue weighted by Gasteiger charge is -2.33. The van der Waals surface area contributed by atoms with Crippen LogP contribution in [0.25, 0.3) is 10.9 Å². The van der Waals surface area contributed by atoms with E-state index < -0.39 is 0 Å². The molecule has 0 saturated carbocycles. The Balaban J connectivity index is 1.81. The van der Waals surface area contributed by atoms with Crippen LogP contribution in [0.4, 0.5) is 0 Å². The Labute approximate surface area is 139 Å². The van der Waals surface area contributed by atoms with Gasteiger partial charge in [-0.25, -0.2) is 0 Å². The largest absolute Gasteiger partial charge is 0.340 e. The van der Waals surface area contributed by atoms with Crippen molar-refractivity contribution < 1.29 is 4.79 Å². The second kappa shape index (κ2) is 6.66. The van der Waals surface area contributed by atoms with Crippen LogP contribution in [0.2, 0.25) is 0 Å². The van der Waals surface area contributed by atoms with Crippen LogP contribution in [0.1, 0.15) is 32.6 Å². The van der Waals surface area contributed by atoms with Crippen LogP contribution in [-0.2, 0) is 11.3 Å². The van der Waals surface area contributed by atoms with Crippen molar-refractivity contribution in [2.45, 2.75) is 45.2 Å². The topological polar surface area (TPSA) is 58.1 Å². The highest BCUT2D eigenvalue weighted by Gasteiger charge is 2.22. The number of nitrogens with zero attached hydrogens (tertiary/aromatic N) is 2. The van der Waals surface area contributed by atoms with Gasteiger partial charge in [-0.05, 0) is 50.5 Å². The molecular weight excluding hydrogens is 310 g/mol. The number of carbonyl (C=O) groups excluding carboxylic acids is 1. The molecule has 3 rings (SSSR count). The molecule has 1 aromatic carbocycles. The number of likely N-dealkylation sites (tertiary alicyclic amines) is 1. The number of fused-ring (bicyclic) bond motifs is 1. The lowest BCUT2D eigenvalue weighted by molar-refractivity contribution is -0.134. The van der Waals surface area contributed by atoms with Gasteiger partial charge >= 0.3 is 0 Å². The van der Waals surface area contributed by atoms with E-state index in [0.717, 1.165) is 24.9 Å². The average Bonchev–Trinajstić information content (AvgIpc) is 2.55. The van der Waals surface area contributed by atoms with Crippen molar-refractivity contribution in [2.24, 2.45) is 0 Å². The van der Waals surface area contributed by atoms with Crippen LogP contribution in [0.15, 0.2) is 29.1 Å². The van der Waals surface area contributed by atoms with Gasteiger partial charge in [-0.1, -0.05) is 12.1 Å². The molecule has 1 unspecified atom stereocenters. The minimum Gasteiger partial charge on any atom is -0.340 e. The van der Waals surface area contributed by atoms with Gasteiger partial charge in [0.1, 0.15) is 0 Å². The van der Waals surface area contributed by atoms with E-state index in [2.05, 4.69) is 11.9 Å². The van der Waals surface area contributed by atoms with E-state index in [0.29, 0.717) is 29.2 Å². The van der Waals surface area contributed by atoms with E-state index in [1.807, 2.05) is 23.1 Å². The molecule has 23 heavy (non-hydrogen) atoms. The Kier molecular flexibility index (Phi) is 4.61. The van der Waals surface area contributed by atoms with Crippen LogP contribution in [0.5, 0.6) is 0 Å². The first-order chi connectivity index (χ1) is 11.1. The standard InChI is InChI=1S/C17H21N3O2S/c1-12-6-4-5-10-19(12)15(21)9-11-20-16(22)13-7-2-3-8-14(13)18-17(20)23/h2-3,7-8,12H,4-6,9-11H2,1H3,(H,18,23). The molecule has 1 fully saturated rings. The molecular formula is C17H21N3O2S. The first-order valence-electron chi connectivity index (χ1n) is 8.09. The third kappa shape index (κ3) is 3.22. The van der Waals surface area contributed by atoms with Crippen LogP contribution in [0, 0.1) is 4.77 Å². The summed E-state index contributed by atoms with van der Waals surface area (Å²) in [6.07, 6.45) is 3.61. The fourth-order valence-corrected chi connectivity index (χ4v) is 3.51. The maximum absolute atomic E-state index is 12.6. The molecule has 2 aromatic rings. The van der Waals surface area contributed by atoms with Crippen LogP contribution >= 0.6 is 12.2 Å². The summed E-state index contributed by atoms with van der Waals surface area (Å²) in [6.45, 7) is 3.23. The SMILES string of the molecule is CC1CCCCN1C(=O)CCn1c(=S)[nH]c2ccccc2c1=O. The molecule has 2 heterocycles. The number of carbonyl (C=O) groups is 1. The molecule has 0 spiro atoms. The van der Waals surface area contributed by atoms with E-state index in [9.17, 15) is 9.59 Å². The highest BCUT2D eigenvalue weighted by molar-refractivity contribution is 7.71. The molecule has 1 aromatic heterocycles. The van der Waals surface area contributed by atoms with Crippen molar-refractivity contribution in [3.05, 3.63) is 39.4 Å². The number of nitrogens with one attached hydrogen (secondary N) is 1. The number of para-hydroxylation sites is 1. The number of aromatic amines is 1. The molecule has 1 N–H and O–H groups in total. The van der Waals surface area contributed by atoms with Crippen molar-refractivity contribution >= 4 is 29.0 Å². The quantitative estimate of drug-likeness (QED) is 0.880. The number of piperidine rings is 1. The summed E-state index contributed by atoms with van der Waals surface area (Å²) in [5.74, 6) is 0.103. The highest BCUT2D eigenvalue weighted by atomic mass is 32.1. The molecule has 1 aliphatic heterocycles. The maximum atomic E-state index is 12.6. The van der Waals surface area contributed by atoms with Gasteiger partial charge in [-0.3, -0.25) is 14.2 Å². The lowest BCUT2D eigenvalue weighted by Crippen LogP contribution is -2.42. The summed E-state index contributed by atoms with van der Waals surface area (Å²) in [5.41, 5.74) is 0.596. The zero-order chi connectivity index (χ0) is 16.4. The van der Waals surface area contributed by atoms with Gasteiger partial charge in [-0.2, -0.15) is 0 Å². The number of benzene rings is 1. The predicted octanol–water partition coefficient (Wildman–Crippen LogP) is 2.85. The lowest BCUT2D eigenvalue weighted by atomic mass is 10.0. The molecule has 0 bridgehead atoms.